The van der Waals surface area contributed by atoms with Crippen molar-refractivity contribution in [2.45, 2.75) is 25.9 Å². The Bertz CT molecular complexity index is 332. The van der Waals surface area contributed by atoms with Crippen LogP contribution in [0.4, 0.5) is 0 Å². The zero-order valence-corrected chi connectivity index (χ0v) is 10.3. The lowest BCUT2D eigenvalue weighted by Gasteiger charge is -2.25. The van der Waals surface area contributed by atoms with Crippen LogP contribution in [-0.4, -0.2) is 53.9 Å². The number of morpholine rings is 1. The summed E-state index contributed by atoms with van der Waals surface area (Å²) in [6, 6.07) is 0. The van der Waals surface area contributed by atoms with Crippen molar-refractivity contribution in [2.24, 2.45) is 0 Å². The molecule has 1 aliphatic rings. The van der Waals surface area contributed by atoms with E-state index in [1.165, 1.54) is 0 Å². The van der Waals surface area contributed by atoms with Gasteiger partial charge in [0.05, 0.1) is 25.0 Å². The summed E-state index contributed by atoms with van der Waals surface area (Å²) < 4.78 is 10.7. The fourth-order valence-electron chi connectivity index (χ4n) is 1.94. The predicted molar refractivity (Wildman–Crippen MR) is 62.9 cm³/mol. The normalized spacial score (nSPS) is 19.4. The predicted octanol–water partition coefficient (Wildman–Crippen LogP) is 0.473. The Morgan fingerprint density at radius 3 is 2.94 bits per heavy atom. The molecule has 0 bridgehead atoms. The molecule has 0 amide bonds. The smallest absolute Gasteiger partial charge is 0.195 e. The van der Waals surface area contributed by atoms with E-state index in [9.17, 15) is 5.11 Å². The topological polar surface area (TPSA) is 58.7 Å². The summed E-state index contributed by atoms with van der Waals surface area (Å²) in [5, 5.41) is 9.25. The van der Waals surface area contributed by atoms with Crippen LogP contribution in [0, 0.1) is 0 Å². The quantitative estimate of drug-likeness (QED) is 0.811. The molecule has 5 nitrogen and oxygen atoms in total. The van der Waals surface area contributed by atoms with Crippen LogP contribution < -0.4 is 0 Å². The highest BCUT2D eigenvalue weighted by Crippen LogP contribution is 2.07. The van der Waals surface area contributed by atoms with Crippen LogP contribution in [-0.2, 0) is 17.6 Å². The van der Waals surface area contributed by atoms with Gasteiger partial charge in [0, 0.05) is 32.5 Å². The first-order valence-electron chi connectivity index (χ1n) is 6.15. The first-order valence-corrected chi connectivity index (χ1v) is 6.15. The summed E-state index contributed by atoms with van der Waals surface area (Å²) in [7, 11) is 0. The number of oxazole rings is 1. The van der Waals surface area contributed by atoms with Gasteiger partial charge in [-0.25, -0.2) is 4.98 Å². The molecule has 0 saturated carbocycles. The Labute approximate surface area is 101 Å². The Hall–Kier alpha value is -0.910. The molecular formula is C12H20N2O3. The lowest BCUT2D eigenvalue weighted by atomic mass is 10.2. The molecule has 96 valence electrons. The summed E-state index contributed by atoms with van der Waals surface area (Å²) in [4.78, 5) is 6.70. The van der Waals surface area contributed by atoms with E-state index in [1.807, 2.05) is 0 Å². The summed E-state index contributed by atoms with van der Waals surface area (Å²) in [6.45, 7) is 6.32. The van der Waals surface area contributed by atoms with E-state index in [0.717, 1.165) is 50.9 Å². The Kier molecular flexibility index (Phi) is 4.53. The van der Waals surface area contributed by atoms with Gasteiger partial charge in [-0.3, -0.25) is 4.90 Å². The number of ether oxygens (including phenoxy) is 1. The second-order valence-corrected chi connectivity index (χ2v) is 4.49. The SMILES string of the molecule is CC(O)Cc1coc(CCN2CCOCC2)n1. The van der Waals surface area contributed by atoms with Crippen molar-refractivity contribution in [3.05, 3.63) is 17.8 Å². The number of rotatable bonds is 5. The molecule has 17 heavy (non-hydrogen) atoms. The number of nitrogens with zero attached hydrogens (tertiary/aromatic N) is 2. The minimum Gasteiger partial charge on any atom is -0.449 e. The molecule has 2 heterocycles. The standard InChI is InChI=1S/C12H20N2O3/c1-10(15)8-11-9-17-12(13-11)2-3-14-4-6-16-7-5-14/h9-10,15H,2-8H2,1H3. The van der Waals surface area contributed by atoms with Crippen molar-refractivity contribution in [1.29, 1.82) is 0 Å². The molecule has 0 aliphatic carbocycles. The highest BCUT2D eigenvalue weighted by Gasteiger charge is 2.12. The van der Waals surface area contributed by atoms with Crippen molar-refractivity contribution >= 4 is 0 Å². The van der Waals surface area contributed by atoms with Gasteiger partial charge in [-0.2, -0.15) is 0 Å². The van der Waals surface area contributed by atoms with Gasteiger partial charge in [-0.1, -0.05) is 0 Å². The van der Waals surface area contributed by atoms with Crippen molar-refractivity contribution in [3.63, 3.8) is 0 Å². The van der Waals surface area contributed by atoms with Crippen LogP contribution in [0.15, 0.2) is 10.7 Å². The van der Waals surface area contributed by atoms with Gasteiger partial charge in [0.2, 0.25) is 0 Å². The van der Waals surface area contributed by atoms with Gasteiger partial charge < -0.3 is 14.3 Å². The van der Waals surface area contributed by atoms with Crippen LogP contribution in [0.25, 0.3) is 0 Å². The summed E-state index contributed by atoms with van der Waals surface area (Å²) in [6.07, 6.45) is 2.65. The minimum atomic E-state index is -0.368. The molecule has 1 unspecified atom stereocenters. The average molecular weight is 240 g/mol. The van der Waals surface area contributed by atoms with Crippen molar-refractivity contribution < 1.29 is 14.3 Å². The summed E-state index contributed by atoms with van der Waals surface area (Å²) in [5.74, 6) is 0.757. The van der Waals surface area contributed by atoms with Crippen LogP contribution in [0.5, 0.6) is 0 Å². The van der Waals surface area contributed by atoms with Crippen LogP contribution in [0.1, 0.15) is 18.5 Å². The van der Waals surface area contributed by atoms with Crippen LogP contribution >= 0.6 is 0 Å². The second-order valence-electron chi connectivity index (χ2n) is 4.49. The van der Waals surface area contributed by atoms with E-state index in [0.29, 0.717) is 6.42 Å². The molecule has 5 heteroatoms. The number of hydrogen-bond acceptors (Lipinski definition) is 5. The molecule has 0 spiro atoms. The third kappa shape index (κ3) is 4.11. The first kappa shape index (κ1) is 12.5. The average Bonchev–Trinajstić information content (AvgIpc) is 2.75. The maximum absolute atomic E-state index is 9.25. The molecule has 1 aliphatic heterocycles. The van der Waals surface area contributed by atoms with Crippen molar-refractivity contribution in [2.75, 3.05) is 32.8 Å². The highest BCUT2D eigenvalue weighted by molar-refractivity contribution is 4.98. The van der Waals surface area contributed by atoms with Crippen LogP contribution in [0.3, 0.4) is 0 Å². The zero-order chi connectivity index (χ0) is 12.1. The highest BCUT2D eigenvalue weighted by atomic mass is 16.5. The van der Waals surface area contributed by atoms with E-state index < -0.39 is 0 Å². The third-order valence-corrected chi connectivity index (χ3v) is 2.85. The number of hydrogen-bond donors (Lipinski definition) is 1. The Balaban J connectivity index is 1.76. The molecule has 1 aromatic heterocycles. The lowest BCUT2D eigenvalue weighted by Crippen LogP contribution is -2.37. The fourth-order valence-corrected chi connectivity index (χ4v) is 1.94. The monoisotopic (exact) mass is 240 g/mol. The molecule has 1 atom stereocenters. The summed E-state index contributed by atoms with van der Waals surface area (Å²) >= 11 is 0. The number of aliphatic hydroxyl groups excluding tert-OH is 1. The van der Waals surface area contributed by atoms with Gasteiger partial charge in [0.1, 0.15) is 6.26 Å². The van der Waals surface area contributed by atoms with E-state index in [2.05, 4.69) is 9.88 Å². The number of aliphatic hydroxyl groups is 1. The molecule has 0 radical (unpaired) electrons. The second kappa shape index (κ2) is 6.14. The van der Waals surface area contributed by atoms with Crippen molar-refractivity contribution in [1.82, 2.24) is 9.88 Å². The zero-order valence-electron chi connectivity index (χ0n) is 10.3. The molecule has 1 fully saturated rings. The van der Waals surface area contributed by atoms with E-state index >= 15 is 0 Å². The van der Waals surface area contributed by atoms with Crippen LogP contribution in [0.2, 0.25) is 0 Å². The Morgan fingerprint density at radius 1 is 1.47 bits per heavy atom. The van der Waals surface area contributed by atoms with Gasteiger partial charge in [0.25, 0.3) is 0 Å². The molecule has 1 N–H and O–H groups in total. The first-order chi connectivity index (χ1) is 8.24. The fraction of sp³-hybridized carbons (Fsp3) is 0.750. The summed E-state index contributed by atoms with van der Waals surface area (Å²) in [5.41, 5.74) is 0.831. The molecule has 0 aromatic carbocycles. The molecular weight excluding hydrogens is 220 g/mol. The molecule has 1 aromatic rings. The lowest BCUT2D eigenvalue weighted by molar-refractivity contribution is 0.0377. The number of aromatic nitrogens is 1. The van der Waals surface area contributed by atoms with Gasteiger partial charge in [-0.05, 0) is 6.92 Å². The maximum Gasteiger partial charge on any atom is 0.195 e. The van der Waals surface area contributed by atoms with Gasteiger partial charge in [-0.15, -0.1) is 0 Å². The molecule has 2 rings (SSSR count). The van der Waals surface area contributed by atoms with E-state index in [1.54, 1.807) is 13.2 Å². The van der Waals surface area contributed by atoms with E-state index in [-0.39, 0.29) is 6.10 Å². The minimum absolute atomic E-state index is 0.368. The van der Waals surface area contributed by atoms with Crippen molar-refractivity contribution in [3.8, 4) is 0 Å². The van der Waals surface area contributed by atoms with E-state index in [4.69, 9.17) is 9.15 Å². The van der Waals surface area contributed by atoms with Gasteiger partial charge in [0.15, 0.2) is 5.89 Å². The Morgan fingerprint density at radius 2 is 2.24 bits per heavy atom. The van der Waals surface area contributed by atoms with Gasteiger partial charge >= 0.3 is 0 Å². The largest absolute Gasteiger partial charge is 0.449 e. The molecule has 1 saturated heterocycles. The third-order valence-electron chi connectivity index (χ3n) is 2.85. The maximum atomic E-state index is 9.25.